The molecule has 0 aliphatic heterocycles. The lowest BCUT2D eigenvalue weighted by atomic mass is 9.94. The zero-order valence-electron chi connectivity index (χ0n) is 25.8. The van der Waals surface area contributed by atoms with Crippen LogP contribution in [-0.4, -0.2) is 78.9 Å². The zero-order valence-corrected chi connectivity index (χ0v) is 26.6. The second kappa shape index (κ2) is 15.0. The van der Waals surface area contributed by atoms with Gasteiger partial charge >= 0.3 is 29.9 Å². The summed E-state index contributed by atoms with van der Waals surface area (Å²) in [5, 5.41) is 23.9. The highest BCUT2D eigenvalue weighted by Gasteiger charge is 2.83. The molecule has 0 saturated carbocycles. The number of anilines is 1. The number of nitrogens with one attached hydrogen (secondary N) is 2. The summed E-state index contributed by atoms with van der Waals surface area (Å²) < 4.78 is 136. The van der Waals surface area contributed by atoms with E-state index in [9.17, 15) is 63.1 Å². The van der Waals surface area contributed by atoms with Gasteiger partial charge in [-0.2, -0.15) is 44.2 Å². The Bertz CT molecular complexity index is 2040. The average molecular weight is 781 g/mol. The molecule has 1 unspecified atom stereocenters. The van der Waals surface area contributed by atoms with Gasteiger partial charge in [0.05, 0.1) is 16.3 Å². The van der Waals surface area contributed by atoms with Crippen LogP contribution >= 0.6 is 11.6 Å². The number of Topliss-reactive ketones (excluding diaryl/α,β-unsaturated/α-hetero) is 1. The minimum Gasteiger partial charge on any atom is -0.478 e. The Morgan fingerprint density at radius 1 is 0.849 bits per heavy atom. The number of ketones is 1. The molecule has 1 heterocycles. The molecule has 22 heteroatoms. The Kier molecular flexibility index (Phi) is 11.3. The molecule has 0 aliphatic carbocycles. The van der Waals surface area contributed by atoms with Gasteiger partial charge in [-0.15, -0.1) is 5.10 Å². The van der Waals surface area contributed by atoms with Gasteiger partial charge in [-0.1, -0.05) is 35.9 Å². The van der Waals surface area contributed by atoms with Crippen LogP contribution in [0.3, 0.4) is 0 Å². The normalized spacial score (nSPS) is 13.1. The number of halogens is 11. The topological polar surface area (TPSA) is 156 Å². The van der Waals surface area contributed by atoms with E-state index in [4.69, 9.17) is 16.7 Å². The van der Waals surface area contributed by atoms with Gasteiger partial charge in [0.25, 0.3) is 0 Å². The van der Waals surface area contributed by atoms with Crippen LogP contribution in [0.2, 0.25) is 5.02 Å². The summed E-state index contributed by atoms with van der Waals surface area (Å²) in [6.45, 7) is 0. The molecule has 0 spiro atoms. The lowest BCUT2D eigenvalue weighted by molar-refractivity contribution is -0.386. The first-order valence-corrected chi connectivity index (χ1v) is 14.6. The Morgan fingerprint density at radius 2 is 1.45 bits per heavy atom. The van der Waals surface area contributed by atoms with Gasteiger partial charge in [-0.3, -0.25) is 14.4 Å². The highest BCUT2D eigenvalue weighted by atomic mass is 35.5. The molecule has 4 rings (SSSR count). The van der Waals surface area contributed by atoms with Gasteiger partial charge in [-0.25, -0.2) is 9.18 Å². The summed E-state index contributed by atoms with van der Waals surface area (Å²) in [4.78, 5) is 49.6. The van der Waals surface area contributed by atoms with E-state index >= 15 is 0 Å². The van der Waals surface area contributed by atoms with E-state index in [0.29, 0.717) is 12.1 Å². The van der Waals surface area contributed by atoms with Crippen molar-refractivity contribution in [2.45, 2.75) is 36.4 Å². The number of benzene rings is 3. The Hall–Kier alpha value is -5.86. The number of aromatic carboxylic acids is 1. The van der Waals surface area contributed by atoms with E-state index in [1.54, 1.807) is 0 Å². The van der Waals surface area contributed by atoms with Crippen molar-refractivity contribution in [2.75, 3.05) is 5.32 Å². The fraction of sp³-hybridized carbons (Fsp3) is 0.194. The highest BCUT2D eigenvalue weighted by Crippen LogP contribution is 2.53. The quantitative estimate of drug-likeness (QED) is 0.0825. The smallest absolute Gasteiger partial charge is 0.460 e. The van der Waals surface area contributed by atoms with Crippen molar-refractivity contribution in [1.82, 2.24) is 25.5 Å². The van der Waals surface area contributed by atoms with Gasteiger partial charge < -0.3 is 15.7 Å². The third-order valence-corrected chi connectivity index (χ3v) is 7.52. The van der Waals surface area contributed by atoms with Crippen molar-refractivity contribution in [1.29, 1.82) is 0 Å². The molecule has 0 bridgehead atoms. The van der Waals surface area contributed by atoms with E-state index in [1.165, 1.54) is 24.3 Å². The van der Waals surface area contributed by atoms with Crippen molar-refractivity contribution in [3.63, 3.8) is 0 Å². The maximum Gasteiger partial charge on any atom is 0.460 e. The lowest BCUT2D eigenvalue weighted by Gasteiger charge is -2.32. The van der Waals surface area contributed by atoms with E-state index < -0.39 is 71.4 Å². The number of rotatable bonds is 13. The lowest BCUT2D eigenvalue weighted by Crippen LogP contribution is -2.63. The van der Waals surface area contributed by atoms with Gasteiger partial charge in [0, 0.05) is 29.3 Å². The Morgan fingerprint density at radius 3 is 2.00 bits per heavy atom. The van der Waals surface area contributed by atoms with Crippen LogP contribution < -0.4 is 10.6 Å². The van der Waals surface area contributed by atoms with Crippen LogP contribution in [0.1, 0.15) is 31.8 Å². The number of hydrogen-bond acceptors (Lipinski definition) is 7. The number of tetrazole rings is 1. The monoisotopic (exact) mass is 780 g/mol. The van der Waals surface area contributed by atoms with Gasteiger partial charge in [-0.05, 0) is 58.5 Å². The summed E-state index contributed by atoms with van der Waals surface area (Å²) in [6, 6.07) is 7.76. The molecule has 0 fully saturated rings. The summed E-state index contributed by atoms with van der Waals surface area (Å²) in [5.74, 6) is -28.5. The molecule has 0 radical (unpaired) electrons. The van der Waals surface area contributed by atoms with Crippen LogP contribution in [0.15, 0.2) is 73.1 Å². The molecule has 1 aromatic heterocycles. The first kappa shape index (κ1) is 39.9. The zero-order chi connectivity index (χ0) is 39.5. The fourth-order valence-corrected chi connectivity index (χ4v) is 4.59. The van der Waals surface area contributed by atoms with Gasteiger partial charge in [0.2, 0.25) is 17.6 Å². The van der Waals surface area contributed by atoms with Crippen LogP contribution in [-0.2, 0) is 16.0 Å². The average Bonchev–Trinajstić information content (AvgIpc) is 3.63. The molecule has 53 heavy (non-hydrogen) atoms. The van der Waals surface area contributed by atoms with E-state index in [-0.39, 0.29) is 33.1 Å². The second-order valence-electron chi connectivity index (χ2n) is 10.8. The number of carboxylic acids is 1. The first-order chi connectivity index (χ1) is 24.6. The maximum atomic E-state index is 14.9. The van der Waals surface area contributed by atoms with Crippen LogP contribution in [0.25, 0.3) is 11.8 Å². The van der Waals surface area contributed by atoms with Gasteiger partial charge in [0.1, 0.15) is 12.4 Å². The molecular weight excluding hydrogens is 762 g/mol. The molecular formula is C31H19ClF10N6O5. The number of carbonyl (C=O) groups excluding carboxylic acids is 3. The predicted molar refractivity (Wildman–Crippen MR) is 162 cm³/mol. The summed E-state index contributed by atoms with van der Waals surface area (Å²) in [5.41, 5.74) is -1.92. The van der Waals surface area contributed by atoms with E-state index in [0.717, 1.165) is 47.4 Å². The predicted octanol–water partition coefficient (Wildman–Crippen LogP) is 6.18. The Balaban J connectivity index is 1.61. The molecule has 0 aliphatic rings. The largest absolute Gasteiger partial charge is 0.478 e. The maximum absolute atomic E-state index is 14.9. The fourth-order valence-electron chi connectivity index (χ4n) is 4.43. The number of alkyl halides is 9. The van der Waals surface area contributed by atoms with Crippen molar-refractivity contribution in [3.8, 4) is 5.69 Å². The van der Waals surface area contributed by atoms with Crippen LogP contribution in [0, 0.1) is 5.82 Å². The minimum absolute atomic E-state index is 0.0154. The standard InChI is InChI=1S/C31H19ClF10N6O5/c32-20-10-11-22(48-14-43-46-47-48)19(24(20)33)9-12-23(49)45-21(26(51)44-18-7-5-17(6-8-18)27(52)53)13-15-1-3-16(4-2-15)25(50)28(34,35)29(36,37)30(38,39)31(40,41)42/h1-12,14,21H,13H2,(H,44,51)(H,45,49)(H,52,53)/b12-9+. The number of nitrogens with zero attached hydrogens (tertiary/aromatic N) is 4. The molecule has 2 amide bonds. The first-order valence-electron chi connectivity index (χ1n) is 14.3. The third-order valence-electron chi connectivity index (χ3n) is 7.23. The molecule has 4 aromatic rings. The van der Waals surface area contributed by atoms with Crippen molar-refractivity contribution in [2.24, 2.45) is 0 Å². The Labute approximate surface area is 294 Å². The second-order valence-corrected chi connectivity index (χ2v) is 11.2. The molecule has 11 nitrogen and oxygen atoms in total. The highest BCUT2D eigenvalue weighted by molar-refractivity contribution is 6.31. The minimum atomic E-state index is -7.30. The van der Waals surface area contributed by atoms with Gasteiger partial charge in [0.15, 0.2) is 5.82 Å². The molecule has 3 aromatic carbocycles. The third kappa shape index (κ3) is 8.29. The summed E-state index contributed by atoms with van der Waals surface area (Å²) in [7, 11) is 0. The van der Waals surface area contributed by atoms with E-state index in [1.807, 2.05) is 0 Å². The number of amides is 2. The number of aromatic nitrogens is 4. The summed E-state index contributed by atoms with van der Waals surface area (Å²) in [6.07, 6.45) is -4.89. The molecule has 1 atom stereocenters. The number of carbonyl (C=O) groups is 4. The summed E-state index contributed by atoms with van der Waals surface area (Å²) >= 11 is 5.86. The van der Waals surface area contributed by atoms with Crippen LogP contribution in [0.5, 0.6) is 0 Å². The SMILES string of the molecule is O=C(/C=C/c1c(-n2cnnn2)ccc(Cl)c1F)NC(Cc1ccc(C(=O)C(F)(F)C(F)(F)C(F)(F)C(F)(F)F)cc1)C(=O)Nc1ccc(C(=O)O)cc1. The number of carboxylic acid groups (broad SMARTS) is 1. The van der Waals surface area contributed by atoms with Crippen LogP contribution in [0.4, 0.5) is 49.6 Å². The van der Waals surface area contributed by atoms with Crippen molar-refractivity contribution < 1.29 is 68.2 Å². The van der Waals surface area contributed by atoms with Crippen molar-refractivity contribution in [3.05, 3.63) is 106 Å². The molecule has 280 valence electrons. The van der Waals surface area contributed by atoms with E-state index in [2.05, 4.69) is 26.2 Å². The van der Waals surface area contributed by atoms with Crippen molar-refractivity contribution >= 4 is 46.9 Å². The molecule has 0 saturated heterocycles. The molecule has 3 N–H and O–H groups in total. The number of hydrogen-bond donors (Lipinski definition) is 3.